The van der Waals surface area contributed by atoms with Crippen LogP contribution in [0.1, 0.15) is 258 Å². The highest BCUT2D eigenvalue weighted by Crippen LogP contribution is 2.16. The van der Waals surface area contributed by atoms with Crippen molar-refractivity contribution in [1.29, 1.82) is 0 Å². The first-order chi connectivity index (χ1) is 33.7. The summed E-state index contributed by atoms with van der Waals surface area (Å²) in [6, 6.07) is -0.546. The molecule has 3 N–H and O–H groups in total. The largest absolute Gasteiger partial charge is 0.394 e. The van der Waals surface area contributed by atoms with Gasteiger partial charge in [-0.15, -0.1) is 0 Å². The Hall–Kier alpha value is -3.21. The fraction of sp³-hybridized carbons (Fsp3) is 0.672. The number of hydrogen-bond acceptors (Lipinski definition) is 3. The minimum absolute atomic E-state index is 0.0397. The molecular weight excluding hydrogens is 831 g/mol. The van der Waals surface area contributed by atoms with Crippen molar-refractivity contribution < 1.29 is 15.0 Å². The number of aliphatic hydroxyl groups is 2. The third-order valence-electron chi connectivity index (χ3n) is 12.5. The molecule has 4 nitrogen and oxygen atoms in total. The molecule has 0 aromatic carbocycles. The second kappa shape index (κ2) is 58.1. The van der Waals surface area contributed by atoms with Crippen LogP contribution in [0.4, 0.5) is 0 Å². The molecule has 0 aliphatic carbocycles. The van der Waals surface area contributed by atoms with Gasteiger partial charge in [0.05, 0.1) is 18.8 Å². The van der Waals surface area contributed by atoms with Crippen molar-refractivity contribution in [3.8, 4) is 0 Å². The number of amides is 1. The third-order valence-corrected chi connectivity index (χ3v) is 12.5. The van der Waals surface area contributed by atoms with Gasteiger partial charge in [0.15, 0.2) is 0 Å². The molecule has 0 heterocycles. The summed E-state index contributed by atoms with van der Waals surface area (Å²) in [6.07, 6.45) is 88.9. The second-order valence-corrected chi connectivity index (χ2v) is 19.0. The van der Waals surface area contributed by atoms with Crippen molar-refractivity contribution in [2.24, 2.45) is 0 Å². The number of carbonyl (C=O) groups is 1. The summed E-state index contributed by atoms with van der Waals surface area (Å²) in [4.78, 5) is 12.5. The molecule has 0 aliphatic heterocycles. The molecule has 388 valence electrons. The predicted molar refractivity (Wildman–Crippen MR) is 303 cm³/mol. The molecule has 0 saturated carbocycles. The maximum absolute atomic E-state index is 12.5. The van der Waals surface area contributed by atoms with Crippen molar-refractivity contribution in [2.75, 3.05) is 6.61 Å². The van der Waals surface area contributed by atoms with E-state index >= 15 is 0 Å². The number of nitrogens with one attached hydrogen (secondary N) is 1. The van der Waals surface area contributed by atoms with Gasteiger partial charge in [0, 0.05) is 6.42 Å². The van der Waals surface area contributed by atoms with Gasteiger partial charge in [0.1, 0.15) is 0 Å². The highest BCUT2D eigenvalue weighted by molar-refractivity contribution is 5.76. The minimum Gasteiger partial charge on any atom is -0.394 e. The molecule has 0 spiro atoms. The molecule has 4 heteroatoms. The molecule has 2 atom stereocenters. The molecule has 0 fully saturated rings. The van der Waals surface area contributed by atoms with Crippen molar-refractivity contribution in [3.05, 3.63) is 122 Å². The number of allylic oxidation sites excluding steroid dienone is 20. The van der Waals surface area contributed by atoms with E-state index in [4.69, 9.17) is 0 Å². The Morgan fingerprint density at radius 3 is 0.971 bits per heavy atom. The first-order valence-corrected chi connectivity index (χ1v) is 28.7. The van der Waals surface area contributed by atoms with E-state index < -0.39 is 12.1 Å². The van der Waals surface area contributed by atoms with E-state index in [0.29, 0.717) is 12.8 Å². The van der Waals surface area contributed by atoms with Gasteiger partial charge in [0.25, 0.3) is 0 Å². The van der Waals surface area contributed by atoms with Crippen LogP contribution in [-0.4, -0.2) is 34.9 Å². The van der Waals surface area contributed by atoms with Crippen LogP contribution in [-0.2, 0) is 4.79 Å². The summed E-state index contributed by atoms with van der Waals surface area (Å²) in [5.74, 6) is -0.0397. The van der Waals surface area contributed by atoms with Gasteiger partial charge in [-0.3, -0.25) is 4.79 Å². The van der Waals surface area contributed by atoms with Crippen molar-refractivity contribution in [2.45, 2.75) is 270 Å². The van der Waals surface area contributed by atoms with Gasteiger partial charge in [-0.25, -0.2) is 0 Å². The predicted octanol–water partition coefficient (Wildman–Crippen LogP) is 19.2. The lowest BCUT2D eigenvalue weighted by atomic mass is 10.0. The van der Waals surface area contributed by atoms with E-state index in [-0.39, 0.29) is 12.5 Å². The zero-order valence-corrected chi connectivity index (χ0v) is 44.6. The lowest BCUT2D eigenvalue weighted by molar-refractivity contribution is -0.123. The summed E-state index contributed by atoms with van der Waals surface area (Å²) in [5.41, 5.74) is 0. The Bertz CT molecular complexity index is 1340. The van der Waals surface area contributed by atoms with Gasteiger partial charge in [-0.1, -0.05) is 283 Å². The van der Waals surface area contributed by atoms with E-state index in [2.05, 4.69) is 141 Å². The Balaban J connectivity index is 3.58. The Labute approximate surface area is 422 Å². The van der Waals surface area contributed by atoms with E-state index in [1.807, 2.05) is 0 Å². The first kappa shape index (κ1) is 64.8. The van der Waals surface area contributed by atoms with Crippen molar-refractivity contribution >= 4 is 5.91 Å². The summed E-state index contributed by atoms with van der Waals surface area (Å²) in [5, 5.41) is 23.3. The Morgan fingerprint density at radius 1 is 0.368 bits per heavy atom. The normalized spacial score (nSPS) is 13.8. The minimum atomic E-state index is -0.668. The maximum atomic E-state index is 12.5. The second-order valence-electron chi connectivity index (χ2n) is 19.0. The van der Waals surface area contributed by atoms with Crippen LogP contribution in [0, 0.1) is 0 Å². The van der Waals surface area contributed by atoms with E-state index in [9.17, 15) is 15.0 Å². The van der Waals surface area contributed by atoms with Crippen LogP contribution in [0.25, 0.3) is 0 Å². The highest BCUT2D eigenvalue weighted by Gasteiger charge is 2.20. The summed E-state index contributed by atoms with van der Waals surface area (Å²) in [6.45, 7) is 4.24. The zero-order valence-electron chi connectivity index (χ0n) is 44.6. The number of rotatable bonds is 51. The fourth-order valence-electron chi connectivity index (χ4n) is 8.15. The molecule has 0 bridgehead atoms. The molecule has 0 aromatic heterocycles. The third kappa shape index (κ3) is 53.7. The number of aliphatic hydroxyl groups excluding tert-OH is 2. The monoisotopic (exact) mass is 940 g/mol. The Kier molecular flexibility index (Phi) is 55.4. The summed E-state index contributed by atoms with van der Waals surface area (Å²) >= 11 is 0. The average molecular weight is 941 g/mol. The van der Waals surface area contributed by atoms with Crippen LogP contribution < -0.4 is 5.32 Å². The molecule has 68 heavy (non-hydrogen) atoms. The molecule has 1 amide bonds. The topological polar surface area (TPSA) is 69.6 Å². The number of hydrogen-bond donors (Lipinski definition) is 3. The van der Waals surface area contributed by atoms with Gasteiger partial charge in [-0.05, 0) is 89.9 Å². The molecule has 2 unspecified atom stereocenters. The van der Waals surface area contributed by atoms with Gasteiger partial charge >= 0.3 is 0 Å². The van der Waals surface area contributed by atoms with Crippen molar-refractivity contribution in [1.82, 2.24) is 5.32 Å². The van der Waals surface area contributed by atoms with Crippen LogP contribution in [0.3, 0.4) is 0 Å². The molecular formula is C64H109NO3. The number of carbonyl (C=O) groups excluding carboxylic acids is 1. The lowest BCUT2D eigenvalue weighted by Gasteiger charge is -2.22. The molecule has 0 saturated heterocycles. The first-order valence-electron chi connectivity index (χ1n) is 28.7. The van der Waals surface area contributed by atoms with E-state index in [0.717, 1.165) is 89.9 Å². The molecule has 0 radical (unpaired) electrons. The standard InChI is InChI=1S/C64H109NO3/c1-3-5-7-9-11-13-15-17-19-20-21-22-23-24-25-26-27-28-29-30-31-32-33-34-35-36-37-38-39-40-41-42-43-44-46-48-50-52-54-56-58-60-64(68)65-62(61-66)63(67)59-57-55-53-51-49-47-45-18-16-14-12-10-8-6-4-2/h5,7,11,13,17,19,21-22,24-25,27-28,30-31,33-34,36-37,39-40,62-63,66-67H,3-4,6,8-10,12,14-16,18,20,23,26,29,32,35,38,41-61H2,1-2H3,(H,65,68)/b7-5-,13-11-,19-17-,22-21-,25-24-,28-27-,31-30-,34-33-,37-36-,40-39-. The van der Waals surface area contributed by atoms with E-state index in [1.54, 1.807) is 0 Å². The fourth-order valence-corrected chi connectivity index (χ4v) is 8.15. The summed E-state index contributed by atoms with van der Waals surface area (Å²) in [7, 11) is 0. The molecule has 0 aliphatic rings. The molecule has 0 aromatic rings. The lowest BCUT2D eigenvalue weighted by Crippen LogP contribution is -2.45. The van der Waals surface area contributed by atoms with Crippen LogP contribution >= 0.6 is 0 Å². The van der Waals surface area contributed by atoms with Gasteiger partial charge in [-0.2, -0.15) is 0 Å². The Morgan fingerprint density at radius 2 is 0.647 bits per heavy atom. The number of unbranched alkanes of at least 4 members (excludes halogenated alkanes) is 24. The zero-order chi connectivity index (χ0) is 49.2. The molecule has 0 rings (SSSR count). The van der Waals surface area contributed by atoms with E-state index in [1.165, 1.54) is 141 Å². The van der Waals surface area contributed by atoms with Crippen LogP contribution in [0.15, 0.2) is 122 Å². The average Bonchev–Trinajstić information content (AvgIpc) is 3.34. The van der Waals surface area contributed by atoms with Gasteiger partial charge in [0.2, 0.25) is 5.91 Å². The summed E-state index contributed by atoms with van der Waals surface area (Å²) < 4.78 is 0. The smallest absolute Gasteiger partial charge is 0.220 e. The van der Waals surface area contributed by atoms with Crippen LogP contribution in [0.5, 0.6) is 0 Å². The van der Waals surface area contributed by atoms with Gasteiger partial charge < -0.3 is 15.5 Å². The maximum Gasteiger partial charge on any atom is 0.220 e. The highest BCUT2D eigenvalue weighted by atomic mass is 16.3. The van der Waals surface area contributed by atoms with Crippen LogP contribution in [0.2, 0.25) is 0 Å². The quantitative estimate of drug-likeness (QED) is 0.0420. The SMILES string of the molecule is CC/C=C\C/C=C\C/C=C\C/C=C\C/C=C\C/C=C\C/C=C\C/C=C\C/C=C\C/C=C\CCCCCCCCCCCCC(=O)NC(CO)C(O)CCCCCCCCCCCCCCCCC. The van der Waals surface area contributed by atoms with Crippen molar-refractivity contribution in [3.63, 3.8) is 0 Å².